The number of halogens is 3. The molecule has 45 heavy (non-hydrogen) atoms. The quantitative estimate of drug-likeness (QED) is 0.171. The molecule has 0 amide bonds. The van der Waals surface area contributed by atoms with Crippen LogP contribution in [0.5, 0.6) is 0 Å². The van der Waals surface area contributed by atoms with Gasteiger partial charge in [0.25, 0.3) is 0 Å². The van der Waals surface area contributed by atoms with Crippen molar-refractivity contribution in [2.24, 2.45) is 0 Å². The van der Waals surface area contributed by atoms with Crippen molar-refractivity contribution in [1.82, 2.24) is 25.3 Å². The van der Waals surface area contributed by atoms with Crippen LogP contribution in [-0.2, 0) is 4.74 Å². The molecule has 3 aromatic rings. The smallest absolute Gasteiger partial charge is 0.406 e. The summed E-state index contributed by atoms with van der Waals surface area (Å²) in [7, 11) is 2.12. The summed E-state index contributed by atoms with van der Waals surface area (Å²) >= 11 is 0. The Balaban J connectivity index is 0.00000133. The molecule has 5 rings (SSSR count). The molecular formula is C34H48F3N7O. The molecule has 246 valence electrons. The van der Waals surface area contributed by atoms with E-state index in [1.165, 1.54) is 17.7 Å². The standard InChI is InChI=1S/C30H36F3N7O.2C2H6/c1-4-5-23(41-30(31,32)33)9-6-19(2)37-26-16-21(10-15-36-26)28-38-25-18-35-17-24(20-7-8-20)27(25)29(39-28)40(3)22-11-13-34-14-12-22;2*1-2/h5-6,9-10,15-20,22,34H,4,7-8,11-14H2,1-3H3,(H,36,37);2*1-2H3/b9-6-,23-5+;;. The van der Waals surface area contributed by atoms with Crippen molar-refractivity contribution >= 4 is 22.5 Å². The third-order valence-corrected chi connectivity index (χ3v) is 7.41. The minimum atomic E-state index is -4.74. The van der Waals surface area contributed by atoms with Crippen molar-refractivity contribution in [3.8, 4) is 11.4 Å². The predicted octanol–water partition coefficient (Wildman–Crippen LogP) is 8.39. The van der Waals surface area contributed by atoms with E-state index in [-0.39, 0.29) is 11.8 Å². The molecule has 11 heteroatoms. The molecule has 1 aliphatic carbocycles. The number of allylic oxidation sites excluding steroid dienone is 2. The van der Waals surface area contributed by atoms with E-state index in [2.05, 4.69) is 37.3 Å². The molecule has 2 aliphatic rings. The molecule has 8 nitrogen and oxygen atoms in total. The van der Waals surface area contributed by atoms with Crippen molar-refractivity contribution in [1.29, 1.82) is 0 Å². The Morgan fingerprint density at radius 1 is 1.11 bits per heavy atom. The minimum Gasteiger partial charge on any atom is -0.406 e. The van der Waals surface area contributed by atoms with Crippen LogP contribution in [0.15, 0.2) is 54.7 Å². The van der Waals surface area contributed by atoms with Crippen molar-refractivity contribution in [2.45, 2.75) is 98.0 Å². The van der Waals surface area contributed by atoms with E-state index in [9.17, 15) is 13.2 Å². The van der Waals surface area contributed by atoms with Gasteiger partial charge in [0.1, 0.15) is 17.4 Å². The molecule has 2 fully saturated rings. The van der Waals surface area contributed by atoms with Crippen LogP contribution >= 0.6 is 0 Å². The number of rotatable bonds is 10. The molecule has 1 saturated carbocycles. The van der Waals surface area contributed by atoms with E-state index < -0.39 is 6.36 Å². The van der Waals surface area contributed by atoms with Crippen LogP contribution < -0.4 is 15.5 Å². The highest BCUT2D eigenvalue weighted by molar-refractivity contribution is 5.94. The third-order valence-electron chi connectivity index (χ3n) is 7.41. The number of pyridine rings is 2. The van der Waals surface area contributed by atoms with Crippen LogP contribution in [0.1, 0.15) is 85.1 Å². The molecule has 3 aromatic heterocycles. The van der Waals surface area contributed by atoms with Crippen molar-refractivity contribution in [3.63, 3.8) is 0 Å². The third kappa shape index (κ3) is 10.1. The Morgan fingerprint density at radius 3 is 2.47 bits per heavy atom. The Labute approximate surface area is 265 Å². The first-order chi connectivity index (χ1) is 21.7. The number of fused-ring (bicyclic) bond motifs is 1. The summed E-state index contributed by atoms with van der Waals surface area (Å²) in [5, 5.41) is 7.74. The van der Waals surface area contributed by atoms with Crippen LogP contribution in [0.4, 0.5) is 24.8 Å². The van der Waals surface area contributed by atoms with E-state index in [4.69, 9.17) is 9.97 Å². The van der Waals surface area contributed by atoms with Gasteiger partial charge in [0, 0.05) is 42.5 Å². The monoisotopic (exact) mass is 627 g/mol. The van der Waals surface area contributed by atoms with Crippen molar-refractivity contribution in [2.75, 3.05) is 30.4 Å². The second kappa shape index (κ2) is 17.1. The maximum absolute atomic E-state index is 12.7. The van der Waals surface area contributed by atoms with Crippen LogP contribution in [0.2, 0.25) is 0 Å². The zero-order valence-corrected chi connectivity index (χ0v) is 27.6. The molecule has 0 spiro atoms. The normalized spacial score (nSPS) is 16.4. The fourth-order valence-electron chi connectivity index (χ4n) is 5.19. The summed E-state index contributed by atoms with van der Waals surface area (Å²) < 4.78 is 42.2. The van der Waals surface area contributed by atoms with Gasteiger partial charge in [0.15, 0.2) is 5.82 Å². The second-order valence-corrected chi connectivity index (χ2v) is 10.6. The molecule has 1 aliphatic heterocycles. The van der Waals surface area contributed by atoms with Crippen LogP contribution in [0, 0.1) is 0 Å². The van der Waals surface area contributed by atoms with Gasteiger partial charge < -0.3 is 20.3 Å². The topological polar surface area (TPSA) is 88.1 Å². The lowest BCUT2D eigenvalue weighted by molar-refractivity contribution is -0.303. The maximum atomic E-state index is 12.7. The van der Waals surface area contributed by atoms with Crippen molar-refractivity contribution in [3.05, 3.63) is 60.3 Å². The van der Waals surface area contributed by atoms with E-state index in [1.807, 2.05) is 59.1 Å². The number of hydrogen-bond donors (Lipinski definition) is 2. The molecule has 1 saturated heterocycles. The predicted molar refractivity (Wildman–Crippen MR) is 177 cm³/mol. The molecule has 2 N–H and O–H groups in total. The number of nitrogens with one attached hydrogen (secondary N) is 2. The average molecular weight is 628 g/mol. The van der Waals surface area contributed by atoms with Crippen molar-refractivity contribution < 1.29 is 17.9 Å². The lowest BCUT2D eigenvalue weighted by Crippen LogP contribution is -2.41. The largest absolute Gasteiger partial charge is 0.573 e. The average Bonchev–Trinajstić information content (AvgIpc) is 3.90. The van der Waals surface area contributed by atoms with Gasteiger partial charge in [-0.3, -0.25) is 4.98 Å². The Bertz CT molecular complexity index is 1420. The van der Waals surface area contributed by atoms with Gasteiger partial charge in [-0.2, -0.15) is 0 Å². The number of hydrogen-bond acceptors (Lipinski definition) is 8. The van der Waals surface area contributed by atoms with Gasteiger partial charge in [0.05, 0.1) is 11.7 Å². The molecule has 1 atom stereocenters. The first-order valence-corrected chi connectivity index (χ1v) is 16.2. The number of nitrogens with zero attached hydrogens (tertiary/aromatic N) is 5. The maximum Gasteiger partial charge on any atom is 0.573 e. The molecule has 4 heterocycles. The molecule has 1 unspecified atom stereocenters. The highest BCUT2D eigenvalue weighted by Crippen LogP contribution is 2.45. The van der Waals surface area contributed by atoms with E-state index in [0.29, 0.717) is 30.0 Å². The Kier molecular flexibility index (Phi) is 13.6. The van der Waals surface area contributed by atoms with Gasteiger partial charge in [-0.25, -0.2) is 15.0 Å². The van der Waals surface area contributed by atoms with Crippen LogP contribution in [-0.4, -0.2) is 58.5 Å². The lowest BCUT2D eigenvalue weighted by atomic mass is 10.0. The zero-order valence-electron chi connectivity index (χ0n) is 27.6. The van der Waals surface area contributed by atoms with Gasteiger partial charge in [0.2, 0.25) is 0 Å². The summed E-state index contributed by atoms with van der Waals surface area (Å²) in [6.45, 7) is 13.5. The molecule has 0 radical (unpaired) electrons. The zero-order chi connectivity index (χ0) is 33.0. The van der Waals surface area contributed by atoms with E-state index >= 15 is 0 Å². The lowest BCUT2D eigenvalue weighted by Gasteiger charge is -2.33. The van der Waals surface area contributed by atoms with Crippen LogP contribution in [0.25, 0.3) is 22.3 Å². The van der Waals surface area contributed by atoms with Gasteiger partial charge in [-0.15, -0.1) is 13.2 Å². The fourth-order valence-corrected chi connectivity index (χ4v) is 5.19. The summed E-state index contributed by atoms with van der Waals surface area (Å²) in [5.74, 6) is 2.30. The van der Waals surface area contributed by atoms with Crippen LogP contribution in [0.3, 0.4) is 0 Å². The number of aromatic nitrogens is 4. The highest BCUT2D eigenvalue weighted by Gasteiger charge is 2.32. The fraction of sp³-hybridized carbons (Fsp3) is 0.529. The Hall–Kier alpha value is -3.73. The molecular weight excluding hydrogens is 579 g/mol. The number of ether oxygens (including phenoxy) is 1. The summed E-state index contributed by atoms with van der Waals surface area (Å²) in [5.41, 5.74) is 2.82. The first kappa shape index (κ1) is 35.7. The van der Waals surface area contributed by atoms with Gasteiger partial charge in [-0.05, 0) is 87.9 Å². The molecule has 0 aromatic carbocycles. The summed E-state index contributed by atoms with van der Waals surface area (Å²) in [4.78, 5) is 21.3. The minimum absolute atomic E-state index is 0.246. The highest BCUT2D eigenvalue weighted by atomic mass is 19.4. The van der Waals surface area contributed by atoms with Gasteiger partial charge >= 0.3 is 6.36 Å². The van der Waals surface area contributed by atoms with E-state index in [1.54, 1.807) is 19.2 Å². The second-order valence-electron chi connectivity index (χ2n) is 10.6. The Morgan fingerprint density at radius 2 is 1.82 bits per heavy atom. The summed E-state index contributed by atoms with van der Waals surface area (Å²) in [6.07, 6.45) is 9.82. The van der Waals surface area contributed by atoms with E-state index in [0.717, 1.165) is 61.1 Å². The molecule has 0 bridgehead atoms. The van der Waals surface area contributed by atoms with Gasteiger partial charge in [-0.1, -0.05) is 40.7 Å². The number of piperidine rings is 1. The summed E-state index contributed by atoms with van der Waals surface area (Å²) in [6, 6.07) is 3.77. The SMILES string of the molecule is CC.CC.CC/C=C(\C=C/C(C)Nc1cc(-c2nc(N(C)C3CCNCC3)c3c(C4CC4)cncc3n2)ccn1)OC(F)(F)F. The number of alkyl halides is 3. The number of anilines is 2. The first-order valence-electron chi connectivity index (χ1n) is 16.2.